The van der Waals surface area contributed by atoms with E-state index >= 15 is 0 Å². The number of methoxy groups -OCH3 is 2. The maximum absolute atomic E-state index is 13.9. The Morgan fingerprint density at radius 2 is 1.77 bits per heavy atom. The molecule has 0 saturated carbocycles. The van der Waals surface area contributed by atoms with E-state index in [0.717, 1.165) is 6.07 Å². The lowest BCUT2D eigenvalue weighted by Gasteiger charge is -2.05. The van der Waals surface area contributed by atoms with Crippen LogP contribution in [0.2, 0.25) is 0 Å². The third kappa shape index (κ3) is 3.80. The van der Waals surface area contributed by atoms with Crippen LogP contribution >= 0.6 is 0 Å². The van der Waals surface area contributed by atoms with Gasteiger partial charge < -0.3 is 18.7 Å². The SMILES string of the molecule is COc1ccc(-c2noc(COC(=O)c3ccc(OC)cc3F)n2)cc1. The summed E-state index contributed by atoms with van der Waals surface area (Å²) in [6.45, 7) is -0.270. The van der Waals surface area contributed by atoms with Gasteiger partial charge in [0, 0.05) is 11.6 Å². The zero-order valence-electron chi connectivity index (χ0n) is 14.1. The van der Waals surface area contributed by atoms with Crippen molar-refractivity contribution in [2.45, 2.75) is 6.61 Å². The molecule has 0 N–H and O–H groups in total. The molecule has 0 fully saturated rings. The molecular formula is C18H15FN2O5. The van der Waals surface area contributed by atoms with Gasteiger partial charge in [0.15, 0.2) is 6.61 Å². The van der Waals surface area contributed by atoms with Crippen LogP contribution in [-0.2, 0) is 11.3 Å². The van der Waals surface area contributed by atoms with Crippen LogP contribution in [0.25, 0.3) is 11.4 Å². The Balaban J connectivity index is 1.65. The number of esters is 1. The number of carbonyl (C=O) groups excluding carboxylic acids is 1. The molecule has 7 nitrogen and oxygen atoms in total. The minimum Gasteiger partial charge on any atom is -0.497 e. The number of ether oxygens (including phenoxy) is 3. The largest absolute Gasteiger partial charge is 0.497 e. The number of hydrogen-bond acceptors (Lipinski definition) is 7. The molecule has 2 aromatic carbocycles. The zero-order chi connectivity index (χ0) is 18.5. The van der Waals surface area contributed by atoms with Gasteiger partial charge in [-0.25, -0.2) is 9.18 Å². The van der Waals surface area contributed by atoms with Gasteiger partial charge in [-0.1, -0.05) is 5.16 Å². The molecule has 26 heavy (non-hydrogen) atoms. The van der Waals surface area contributed by atoms with Gasteiger partial charge in [0.2, 0.25) is 5.82 Å². The molecule has 3 rings (SSSR count). The van der Waals surface area contributed by atoms with Crippen molar-refractivity contribution in [2.24, 2.45) is 0 Å². The van der Waals surface area contributed by atoms with Gasteiger partial charge >= 0.3 is 5.97 Å². The molecule has 1 aromatic heterocycles. The minimum absolute atomic E-state index is 0.0955. The van der Waals surface area contributed by atoms with Crippen LogP contribution in [0.5, 0.6) is 11.5 Å². The van der Waals surface area contributed by atoms with E-state index in [1.54, 1.807) is 31.4 Å². The average molecular weight is 358 g/mol. The van der Waals surface area contributed by atoms with Crippen molar-refractivity contribution in [2.75, 3.05) is 14.2 Å². The first-order chi connectivity index (χ1) is 12.6. The lowest BCUT2D eigenvalue weighted by molar-refractivity contribution is 0.0424. The molecule has 0 amide bonds. The van der Waals surface area contributed by atoms with Gasteiger partial charge in [0.05, 0.1) is 19.8 Å². The molecule has 0 aliphatic carbocycles. The molecule has 1 heterocycles. The van der Waals surface area contributed by atoms with E-state index in [1.807, 2.05) is 0 Å². The molecule has 0 radical (unpaired) electrons. The Kier molecular flexibility index (Phi) is 5.12. The molecule has 8 heteroatoms. The maximum atomic E-state index is 13.9. The van der Waals surface area contributed by atoms with Crippen LogP contribution < -0.4 is 9.47 Å². The normalized spacial score (nSPS) is 10.4. The van der Waals surface area contributed by atoms with Gasteiger partial charge in [-0.2, -0.15) is 4.98 Å². The molecule has 0 aliphatic rings. The number of halogens is 1. The highest BCUT2D eigenvalue weighted by Gasteiger charge is 2.16. The smallest absolute Gasteiger partial charge is 0.341 e. The van der Waals surface area contributed by atoms with Crippen molar-refractivity contribution < 1.29 is 27.9 Å². The monoisotopic (exact) mass is 358 g/mol. The van der Waals surface area contributed by atoms with Crippen LogP contribution in [0.1, 0.15) is 16.2 Å². The molecule has 0 spiro atoms. The minimum atomic E-state index is -0.839. The Hall–Kier alpha value is -3.42. The van der Waals surface area contributed by atoms with E-state index in [0.29, 0.717) is 22.9 Å². The van der Waals surface area contributed by atoms with E-state index < -0.39 is 11.8 Å². The highest BCUT2D eigenvalue weighted by atomic mass is 19.1. The number of carbonyl (C=O) groups is 1. The second-order valence-corrected chi connectivity index (χ2v) is 5.16. The standard InChI is InChI=1S/C18H15FN2O5/c1-23-12-5-3-11(4-6-12)17-20-16(26-21-17)10-25-18(22)14-8-7-13(24-2)9-15(14)19/h3-9H,10H2,1-2H3. The van der Waals surface area contributed by atoms with E-state index in [9.17, 15) is 9.18 Å². The lowest BCUT2D eigenvalue weighted by Crippen LogP contribution is -2.08. The number of rotatable bonds is 6. The first-order valence-electron chi connectivity index (χ1n) is 7.58. The predicted molar refractivity (Wildman–Crippen MR) is 88.4 cm³/mol. The van der Waals surface area contributed by atoms with Crippen LogP contribution in [0.3, 0.4) is 0 Å². The van der Waals surface area contributed by atoms with E-state index in [-0.39, 0.29) is 18.1 Å². The summed E-state index contributed by atoms with van der Waals surface area (Å²) in [6.07, 6.45) is 0. The number of hydrogen-bond donors (Lipinski definition) is 0. The van der Waals surface area contributed by atoms with Gasteiger partial charge in [-0.15, -0.1) is 0 Å². The molecule has 0 bridgehead atoms. The summed E-state index contributed by atoms with van der Waals surface area (Å²) in [5, 5.41) is 3.82. The summed E-state index contributed by atoms with van der Waals surface area (Å²) in [6, 6.07) is 10.9. The van der Waals surface area contributed by atoms with Crippen molar-refractivity contribution >= 4 is 5.97 Å². The van der Waals surface area contributed by atoms with Crippen molar-refractivity contribution in [1.82, 2.24) is 10.1 Å². The van der Waals surface area contributed by atoms with Gasteiger partial charge in [-0.3, -0.25) is 0 Å². The fourth-order valence-corrected chi connectivity index (χ4v) is 2.16. The van der Waals surface area contributed by atoms with E-state index in [2.05, 4.69) is 10.1 Å². The van der Waals surface area contributed by atoms with Crippen LogP contribution in [-0.4, -0.2) is 30.3 Å². The highest BCUT2D eigenvalue weighted by molar-refractivity contribution is 5.89. The molecule has 0 saturated heterocycles. The zero-order valence-corrected chi connectivity index (χ0v) is 14.1. The Morgan fingerprint density at radius 1 is 1.08 bits per heavy atom. The van der Waals surface area contributed by atoms with Crippen molar-refractivity contribution in [1.29, 1.82) is 0 Å². The first kappa shape index (κ1) is 17.4. The van der Waals surface area contributed by atoms with E-state index in [4.69, 9.17) is 18.7 Å². The van der Waals surface area contributed by atoms with E-state index in [1.165, 1.54) is 19.2 Å². The molecule has 134 valence electrons. The van der Waals surface area contributed by atoms with Gasteiger partial charge in [0.1, 0.15) is 17.3 Å². The molecule has 0 unspecified atom stereocenters. The number of aromatic nitrogens is 2. The van der Waals surface area contributed by atoms with Crippen LogP contribution in [0.4, 0.5) is 4.39 Å². The van der Waals surface area contributed by atoms with Gasteiger partial charge in [-0.05, 0) is 36.4 Å². The van der Waals surface area contributed by atoms with Crippen molar-refractivity contribution in [3.8, 4) is 22.9 Å². The summed E-state index contributed by atoms with van der Waals surface area (Å²) in [4.78, 5) is 16.1. The predicted octanol–water partition coefficient (Wildman–Crippen LogP) is 3.25. The Morgan fingerprint density at radius 3 is 2.42 bits per heavy atom. The molecule has 0 atom stereocenters. The van der Waals surface area contributed by atoms with Crippen LogP contribution in [0.15, 0.2) is 47.0 Å². The Labute approximate surface area is 148 Å². The fraction of sp³-hybridized carbons (Fsp3) is 0.167. The molecule has 3 aromatic rings. The number of nitrogens with zero attached hydrogens (tertiary/aromatic N) is 2. The lowest BCUT2D eigenvalue weighted by atomic mass is 10.2. The van der Waals surface area contributed by atoms with Gasteiger partial charge in [0.25, 0.3) is 5.89 Å². The molecular weight excluding hydrogens is 343 g/mol. The number of benzene rings is 2. The summed E-state index contributed by atoms with van der Waals surface area (Å²) in [5.74, 6) is -0.131. The topological polar surface area (TPSA) is 83.7 Å². The first-order valence-corrected chi connectivity index (χ1v) is 7.58. The summed E-state index contributed by atoms with van der Waals surface area (Å²) in [5.41, 5.74) is 0.508. The fourth-order valence-electron chi connectivity index (χ4n) is 2.16. The summed E-state index contributed by atoms with van der Waals surface area (Å²) in [7, 11) is 2.98. The Bertz CT molecular complexity index is 908. The molecule has 0 aliphatic heterocycles. The average Bonchev–Trinajstić information content (AvgIpc) is 3.15. The third-order valence-corrected chi connectivity index (χ3v) is 3.54. The van der Waals surface area contributed by atoms with Crippen molar-refractivity contribution in [3.05, 3.63) is 59.7 Å². The summed E-state index contributed by atoms with van der Waals surface area (Å²) >= 11 is 0. The van der Waals surface area contributed by atoms with Crippen LogP contribution in [0, 0.1) is 5.82 Å². The van der Waals surface area contributed by atoms with Crippen molar-refractivity contribution in [3.63, 3.8) is 0 Å². The summed E-state index contributed by atoms with van der Waals surface area (Å²) < 4.78 is 33.9. The quantitative estimate of drug-likeness (QED) is 0.625. The highest BCUT2D eigenvalue weighted by Crippen LogP contribution is 2.20. The maximum Gasteiger partial charge on any atom is 0.341 e. The second-order valence-electron chi connectivity index (χ2n) is 5.16. The third-order valence-electron chi connectivity index (χ3n) is 3.54. The second kappa shape index (κ2) is 7.64.